The van der Waals surface area contributed by atoms with E-state index in [1.165, 1.54) is 11.4 Å². The first-order chi connectivity index (χ1) is 14.3. The molecular weight excluding hydrogens is 402 g/mol. The largest absolute Gasteiger partial charge is 0.495 e. The van der Waals surface area contributed by atoms with Crippen LogP contribution in [0.3, 0.4) is 0 Å². The summed E-state index contributed by atoms with van der Waals surface area (Å²) >= 11 is 0. The van der Waals surface area contributed by atoms with E-state index in [0.29, 0.717) is 18.7 Å². The molecule has 0 radical (unpaired) electrons. The van der Waals surface area contributed by atoms with Gasteiger partial charge in [0.25, 0.3) is 0 Å². The first-order valence-electron chi connectivity index (χ1n) is 11.0. The van der Waals surface area contributed by atoms with Gasteiger partial charge < -0.3 is 14.5 Å². The zero-order valence-corrected chi connectivity index (χ0v) is 19.5. The fraction of sp³-hybridized carbons (Fsp3) is 0.682. The van der Waals surface area contributed by atoms with Crippen LogP contribution < -0.4 is 4.74 Å². The fourth-order valence-corrected chi connectivity index (χ4v) is 6.01. The molecule has 2 aliphatic heterocycles. The molecular formula is C22H35N3O4S. The first-order valence-corrected chi connectivity index (χ1v) is 12.4. The number of carbonyl (C=O) groups is 1. The molecule has 1 aromatic carbocycles. The molecule has 0 saturated carbocycles. The molecule has 0 unspecified atom stereocenters. The van der Waals surface area contributed by atoms with Gasteiger partial charge in [-0.3, -0.25) is 4.79 Å². The Bertz CT molecular complexity index is 848. The molecule has 1 atom stereocenters. The van der Waals surface area contributed by atoms with Crippen molar-refractivity contribution in [2.75, 3.05) is 52.9 Å². The van der Waals surface area contributed by atoms with E-state index in [9.17, 15) is 13.2 Å². The lowest BCUT2D eigenvalue weighted by atomic mass is 9.98. The van der Waals surface area contributed by atoms with Crippen molar-refractivity contribution in [2.45, 2.75) is 44.4 Å². The highest BCUT2D eigenvalue weighted by molar-refractivity contribution is 7.89. The zero-order chi connectivity index (χ0) is 21.9. The lowest BCUT2D eigenvalue weighted by Gasteiger charge is -2.38. The predicted octanol–water partition coefficient (Wildman–Crippen LogP) is 2.38. The number of amides is 1. The van der Waals surface area contributed by atoms with Crippen molar-refractivity contribution in [3.63, 3.8) is 0 Å². The maximum absolute atomic E-state index is 13.5. The second-order valence-corrected chi connectivity index (χ2v) is 10.4. The van der Waals surface area contributed by atoms with Crippen molar-refractivity contribution < 1.29 is 17.9 Å². The van der Waals surface area contributed by atoms with E-state index in [0.717, 1.165) is 44.7 Å². The van der Waals surface area contributed by atoms with Gasteiger partial charge in [-0.05, 0) is 43.0 Å². The number of sulfonamides is 1. The summed E-state index contributed by atoms with van der Waals surface area (Å²) in [5, 5.41) is 0. The summed E-state index contributed by atoms with van der Waals surface area (Å²) < 4.78 is 33.8. The van der Waals surface area contributed by atoms with Crippen molar-refractivity contribution in [3.05, 3.63) is 23.8 Å². The lowest BCUT2D eigenvalue weighted by Crippen LogP contribution is -2.52. The van der Waals surface area contributed by atoms with Gasteiger partial charge in [-0.15, -0.1) is 0 Å². The number of piperazine rings is 1. The summed E-state index contributed by atoms with van der Waals surface area (Å²) in [5.41, 5.74) is 0.952. The number of rotatable bonds is 6. The molecule has 2 aliphatic rings. The Hall–Kier alpha value is -1.64. The third-order valence-corrected chi connectivity index (χ3v) is 8.22. The molecule has 2 saturated heterocycles. The minimum absolute atomic E-state index is 0.0912. The maximum Gasteiger partial charge on any atom is 0.246 e. The summed E-state index contributed by atoms with van der Waals surface area (Å²) in [6, 6.07) is 5.34. The minimum atomic E-state index is -3.74. The van der Waals surface area contributed by atoms with Gasteiger partial charge in [0.1, 0.15) is 10.6 Å². The van der Waals surface area contributed by atoms with Gasteiger partial charge in [0, 0.05) is 39.3 Å². The Morgan fingerprint density at radius 3 is 2.47 bits per heavy atom. The number of carbonyl (C=O) groups excluding carboxylic acids is 1. The Balaban J connectivity index is 1.77. The fourth-order valence-electron chi connectivity index (χ4n) is 4.30. The van der Waals surface area contributed by atoms with E-state index in [2.05, 4.69) is 11.8 Å². The first kappa shape index (κ1) is 23.0. The highest BCUT2D eigenvalue weighted by Crippen LogP contribution is 2.32. The van der Waals surface area contributed by atoms with Gasteiger partial charge >= 0.3 is 0 Å². The van der Waals surface area contributed by atoms with Gasteiger partial charge in [-0.1, -0.05) is 26.8 Å². The van der Waals surface area contributed by atoms with E-state index >= 15 is 0 Å². The number of piperidine rings is 1. The quantitative estimate of drug-likeness (QED) is 0.683. The van der Waals surface area contributed by atoms with Crippen molar-refractivity contribution in [1.29, 1.82) is 0 Å². The molecule has 0 aromatic heterocycles. The maximum atomic E-state index is 13.5. The molecule has 168 valence electrons. The Morgan fingerprint density at radius 1 is 1.17 bits per heavy atom. The van der Waals surface area contributed by atoms with E-state index in [4.69, 9.17) is 4.74 Å². The lowest BCUT2D eigenvalue weighted by molar-refractivity contribution is -0.138. The van der Waals surface area contributed by atoms with Crippen LogP contribution in [0, 0.1) is 5.92 Å². The molecule has 2 fully saturated rings. The molecule has 1 amide bonds. The molecule has 1 aromatic rings. The number of nitrogens with zero attached hydrogens (tertiary/aromatic N) is 3. The van der Waals surface area contributed by atoms with Crippen LogP contribution in [0.15, 0.2) is 23.1 Å². The highest BCUT2D eigenvalue weighted by atomic mass is 32.2. The summed E-state index contributed by atoms with van der Waals surface area (Å²) in [6.07, 6.45) is 1.43. The molecule has 7 nitrogen and oxygen atoms in total. The third kappa shape index (κ3) is 4.81. The number of hydrogen-bond acceptors (Lipinski definition) is 5. The van der Waals surface area contributed by atoms with Gasteiger partial charge in [-0.2, -0.15) is 4.31 Å². The second kappa shape index (κ2) is 9.66. The van der Waals surface area contributed by atoms with Crippen LogP contribution in [0.25, 0.3) is 0 Å². The van der Waals surface area contributed by atoms with Crippen LogP contribution in [0.2, 0.25) is 0 Å². The van der Waals surface area contributed by atoms with Gasteiger partial charge in [-0.25, -0.2) is 8.42 Å². The van der Waals surface area contributed by atoms with Gasteiger partial charge in [0.2, 0.25) is 15.9 Å². The van der Waals surface area contributed by atoms with E-state index in [1.807, 2.05) is 24.8 Å². The molecule has 30 heavy (non-hydrogen) atoms. The predicted molar refractivity (Wildman–Crippen MR) is 117 cm³/mol. The normalized spacial score (nSPS) is 21.8. The van der Waals surface area contributed by atoms with Crippen molar-refractivity contribution in [1.82, 2.24) is 14.1 Å². The number of hydrogen-bond donors (Lipinski definition) is 0. The molecule has 0 spiro atoms. The van der Waals surface area contributed by atoms with Gasteiger partial charge in [0.05, 0.1) is 13.0 Å². The monoisotopic (exact) mass is 437 g/mol. The summed E-state index contributed by atoms with van der Waals surface area (Å²) in [7, 11) is -2.25. The van der Waals surface area contributed by atoms with Crippen LogP contribution in [-0.2, 0) is 14.8 Å². The van der Waals surface area contributed by atoms with E-state index < -0.39 is 10.0 Å². The summed E-state index contributed by atoms with van der Waals surface area (Å²) in [4.78, 5) is 17.5. The van der Waals surface area contributed by atoms with Crippen LogP contribution in [0.4, 0.5) is 0 Å². The van der Waals surface area contributed by atoms with Crippen LogP contribution in [-0.4, -0.2) is 81.4 Å². The van der Waals surface area contributed by atoms with Crippen LogP contribution in [0.1, 0.15) is 45.1 Å². The topological polar surface area (TPSA) is 70.2 Å². The Labute approximate surface area is 181 Å². The smallest absolute Gasteiger partial charge is 0.246 e. The van der Waals surface area contributed by atoms with Crippen molar-refractivity contribution in [3.8, 4) is 5.75 Å². The van der Waals surface area contributed by atoms with Gasteiger partial charge in [0.15, 0.2) is 0 Å². The van der Waals surface area contributed by atoms with Crippen LogP contribution >= 0.6 is 0 Å². The van der Waals surface area contributed by atoms with Crippen molar-refractivity contribution >= 4 is 15.9 Å². The molecule has 0 N–H and O–H groups in total. The molecule has 0 bridgehead atoms. The number of benzene rings is 1. The van der Waals surface area contributed by atoms with Crippen LogP contribution in [0.5, 0.6) is 5.75 Å². The van der Waals surface area contributed by atoms with E-state index in [1.54, 1.807) is 12.1 Å². The van der Waals surface area contributed by atoms with Crippen molar-refractivity contribution in [2.24, 2.45) is 5.92 Å². The molecule has 8 heteroatoms. The second-order valence-electron chi connectivity index (χ2n) is 8.53. The number of methoxy groups -OCH3 is 1. The summed E-state index contributed by atoms with van der Waals surface area (Å²) in [6.45, 7) is 11.1. The average molecular weight is 438 g/mol. The Morgan fingerprint density at radius 2 is 1.87 bits per heavy atom. The molecule has 0 aliphatic carbocycles. The highest BCUT2D eigenvalue weighted by Gasteiger charge is 2.37. The third-order valence-electron chi connectivity index (χ3n) is 6.34. The number of likely N-dealkylation sites (N-methyl/N-ethyl adjacent to an activating group) is 1. The SMILES string of the molecule is CCN1CCN(C(=O)[C@@H]2CCCN(S(=O)(=O)c3cc(C(C)C)ccc3OC)C2)CC1. The van der Waals surface area contributed by atoms with E-state index in [-0.39, 0.29) is 29.2 Å². The number of ether oxygens (including phenoxy) is 1. The standard InChI is InChI=1S/C22H35N3O4S/c1-5-23-11-13-24(14-12-23)22(26)19-7-6-10-25(16-19)30(27,28)21-15-18(17(2)3)8-9-20(21)29-4/h8-9,15,17,19H,5-7,10-14,16H2,1-4H3/t19-/m1/s1. The molecule has 3 rings (SSSR count). The minimum Gasteiger partial charge on any atom is -0.495 e. The zero-order valence-electron chi connectivity index (χ0n) is 18.6. The molecule has 2 heterocycles. The summed E-state index contributed by atoms with van der Waals surface area (Å²) in [5.74, 6) is 0.375. The Kier molecular flexibility index (Phi) is 7.42. The average Bonchev–Trinajstić information content (AvgIpc) is 2.78.